The summed E-state index contributed by atoms with van der Waals surface area (Å²) >= 11 is 0. The molecule has 0 saturated heterocycles. The maximum atomic E-state index is 11.7. The van der Waals surface area contributed by atoms with Crippen molar-refractivity contribution in [2.75, 3.05) is 6.61 Å². The first-order chi connectivity index (χ1) is 9.50. The van der Waals surface area contributed by atoms with E-state index in [1.807, 2.05) is 0 Å². The monoisotopic (exact) mass is 279 g/mol. The van der Waals surface area contributed by atoms with Crippen molar-refractivity contribution in [2.45, 2.75) is 39.5 Å². The highest BCUT2D eigenvalue weighted by Gasteiger charge is 2.10. The lowest BCUT2D eigenvalue weighted by Gasteiger charge is -2.06. The SMILES string of the molecule is CC(C)CCCCCOC(=O)c1ccc([N+](=O)[O-])cc1. The van der Waals surface area contributed by atoms with Crippen molar-refractivity contribution < 1.29 is 14.5 Å². The maximum absolute atomic E-state index is 11.7. The third-order valence-electron chi connectivity index (χ3n) is 2.97. The van der Waals surface area contributed by atoms with Crippen LogP contribution in [0.3, 0.4) is 0 Å². The molecular formula is C15H21NO4. The second-order valence-electron chi connectivity index (χ2n) is 5.18. The van der Waals surface area contributed by atoms with E-state index in [4.69, 9.17) is 4.74 Å². The third-order valence-corrected chi connectivity index (χ3v) is 2.97. The number of hydrogen-bond acceptors (Lipinski definition) is 4. The zero-order valence-corrected chi connectivity index (χ0v) is 12.0. The molecule has 0 amide bonds. The number of carbonyl (C=O) groups excluding carboxylic acids is 1. The molecule has 20 heavy (non-hydrogen) atoms. The Kier molecular flexibility index (Phi) is 6.70. The molecule has 0 saturated carbocycles. The van der Waals surface area contributed by atoms with Crippen LogP contribution in [0.1, 0.15) is 49.9 Å². The highest BCUT2D eigenvalue weighted by molar-refractivity contribution is 5.89. The highest BCUT2D eigenvalue weighted by atomic mass is 16.6. The van der Waals surface area contributed by atoms with Crippen molar-refractivity contribution in [1.82, 2.24) is 0 Å². The number of rotatable bonds is 8. The fourth-order valence-electron chi connectivity index (χ4n) is 1.80. The fourth-order valence-corrected chi connectivity index (χ4v) is 1.80. The molecule has 0 fully saturated rings. The Balaban J connectivity index is 2.27. The van der Waals surface area contributed by atoms with E-state index in [2.05, 4.69) is 13.8 Å². The number of non-ortho nitro benzene ring substituents is 1. The Bertz CT molecular complexity index is 440. The number of benzene rings is 1. The molecule has 0 aliphatic heterocycles. The van der Waals surface area contributed by atoms with Gasteiger partial charge in [-0.3, -0.25) is 10.1 Å². The molecule has 0 spiro atoms. The first-order valence-corrected chi connectivity index (χ1v) is 6.92. The van der Waals surface area contributed by atoms with Crippen LogP contribution in [-0.2, 0) is 4.74 Å². The molecule has 0 heterocycles. The summed E-state index contributed by atoms with van der Waals surface area (Å²) < 4.78 is 5.13. The lowest BCUT2D eigenvalue weighted by Crippen LogP contribution is -2.06. The summed E-state index contributed by atoms with van der Waals surface area (Å²) in [6.07, 6.45) is 4.24. The summed E-state index contributed by atoms with van der Waals surface area (Å²) in [4.78, 5) is 21.7. The van der Waals surface area contributed by atoms with E-state index < -0.39 is 10.9 Å². The van der Waals surface area contributed by atoms with Gasteiger partial charge < -0.3 is 4.74 Å². The van der Waals surface area contributed by atoms with E-state index in [1.165, 1.54) is 30.7 Å². The standard InChI is InChI=1S/C15H21NO4/c1-12(2)6-4-3-5-11-20-15(17)13-7-9-14(10-8-13)16(18)19/h7-10,12H,3-6,11H2,1-2H3. The van der Waals surface area contributed by atoms with Crippen molar-refractivity contribution in [2.24, 2.45) is 5.92 Å². The van der Waals surface area contributed by atoms with Crippen LogP contribution in [0.5, 0.6) is 0 Å². The predicted molar refractivity (Wildman–Crippen MR) is 76.7 cm³/mol. The summed E-state index contributed by atoms with van der Waals surface area (Å²) in [6.45, 7) is 4.77. The van der Waals surface area contributed by atoms with Gasteiger partial charge in [-0.1, -0.05) is 33.1 Å². The number of nitro benzene ring substituents is 1. The maximum Gasteiger partial charge on any atom is 0.338 e. The van der Waals surface area contributed by atoms with E-state index in [-0.39, 0.29) is 5.69 Å². The lowest BCUT2D eigenvalue weighted by molar-refractivity contribution is -0.384. The summed E-state index contributed by atoms with van der Waals surface area (Å²) in [5.41, 5.74) is 0.313. The number of nitro groups is 1. The molecule has 0 aliphatic rings. The number of nitrogens with zero attached hydrogens (tertiary/aromatic N) is 1. The van der Waals surface area contributed by atoms with E-state index >= 15 is 0 Å². The van der Waals surface area contributed by atoms with E-state index in [1.54, 1.807) is 0 Å². The molecule has 0 atom stereocenters. The molecule has 0 radical (unpaired) electrons. The van der Waals surface area contributed by atoms with Gasteiger partial charge in [0.25, 0.3) is 5.69 Å². The van der Waals surface area contributed by atoms with E-state index in [0.29, 0.717) is 18.1 Å². The van der Waals surface area contributed by atoms with Crippen molar-refractivity contribution in [3.05, 3.63) is 39.9 Å². The Labute approximate surface area is 119 Å². The Morgan fingerprint density at radius 2 is 1.85 bits per heavy atom. The predicted octanol–water partition coefficient (Wildman–Crippen LogP) is 3.97. The Morgan fingerprint density at radius 3 is 2.40 bits per heavy atom. The number of unbranched alkanes of at least 4 members (excludes halogenated alkanes) is 2. The van der Waals surface area contributed by atoms with Crippen LogP contribution in [0.2, 0.25) is 0 Å². The first kappa shape index (κ1) is 16.1. The molecule has 1 aromatic rings. The van der Waals surface area contributed by atoms with Crippen LogP contribution in [0.4, 0.5) is 5.69 Å². The van der Waals surface area contributed by atoms with Crippen LogP contribution in [0.25, 0.3) is 0 Å². The van der Waals surface area contributed by atoms with Crippen LogP contribution in [0, 0.1) is 16.0 Å². The number of ether oxygens (including phenoxy) is 1. The van der Waals surface area contributed by atoms with Crippen LogP contribution >= 0.6 is 0 Å². The zero-order chi connectivity index (χ0) is 15.0. The van der Waals surface area contributed by atoms with E-state index in [0.717, 1.165) is 19.3 Å². The van der Waals surface area contributed by atoms with Gasteiger partial charge in [-0.05, 0) is 24.5 Å². The summed E-state index contributed by atoms with van der Waals surface area (Å²) in [6, 6.07) is 5.44. The van der Waals surface area contributed by atoms with Crippen molar-refractivity contribution >= 4 is 11.7 Å². The molecule has 5 heteroatoms. The molecule has 110 valence electrons. The van der Waals surface area contributed by atoms with Gasteiger partial charge >= 0.3 is 5.97 Å². The largest absolute Gasteiger partial charge is 0.462 e. The topological polar surface area (TPSA) is 69.4 Å². The molecule has 5 nitrogen and oxygen atoms in total. The van der Waals surface area contributed by atoms with Gasteiger partial charge in [0.2, 0.25) is 0 Å². The number of carbonyl (C=O) groups is 1. The molecule has 0 N–H and O–H groups in total. The average molecular weight is 279 g/mol. The van der Waals surface area contributed by atoms with Crippen molar-refractivity contribution in [3.8, 4) is 0 Å². The first-order valence-electron chi connectivity index (χ1n) is 6.92. The molecule has 0 bridgehead atoms. The zero-order valence-electron chi connectivity index (χ0n) is 12.0. The third kappa shape index (κ3) is 5.82. The van der Waals surface area contributed by atoms with E-state index in [9.17, 15) is 14.9 Å². The second-order valence-corrected chi connectivity index (χ2v) is 5.18. The van der Waals surface area contributed by atoms with Gasteiger partial charge in [0.15, 0.2) is 0 Å². The molecular weight excluding hydrogens is 258 g/mol. The van der Waals surface area contributed by atoms with Gasteiger partial charge in [0, 0.05) is 12.1 Å². The van der Waals surface area contributed by atoms with Gasteiger partial charge in [0.05, 0.1) is 17.1 Å². The van der Waals surface area contributed by atoms with Crippen molar-refractivity contribution in [1.29, 1.82) is 0 Å². The molecule has 1 aromatic carbocycles. The Morgan fingerprint density at radius 1 is 1.20 bits per heavy atom. The van der Waals surface area contributed by atoms with Crippen LogP contribution in [-0.4, -0.2) is 17.5 Å². The summed E-state index contributed by atoms with van der Waals surface area (Å²) in [7, 11) is 0. The summed E-state index contributed by atoms with van der Waals surface area (Å²) in [5.74, 6) is 0.279. The number of esters is 1. The second kappa shape index (κ2) is 8.30. The number of hydrogen-bond donors (Lipinski definition) is 0. The van der Waals surface area contributed by atoms with Gasteiger partial charge in [-0.25, -0.2) is 4.79 Å². The average Bonchev–Trinajstić information content (AvgIpc) is 2.42. The van der Waals surface area contributed by atoms with Crippen molar-refractivity contribution in [3.63, 3.8) is 0 Å². The van der Waals surface area contributed by atoms with Gasteiger partial charge in [-0.15, -0.1) is 0 Å². The lowest BCUT2D eigenvalue weighted by atomic mass is 10.1. The fraction of sp³-hybridized carbons (Fsp3) is 0.533. The van der Waals surface area contributed by atoms with Gasteiger partial charge in [0.1, 0.15) is 0 Å². The molecule has 0 aromatic heterocycles. The summed E-state index contributed by atoms with van der Waals surface area (Å²) in [5, 5.41) is 10.5. The minimum absolute atomic E-state index is 0.0322. The highest BCUT2D eigenvalue weighted by Crippen LogP contribution is 2.13. The normalized spacial score (nSPS) is 10.6. The van der Waals surface area contributed by atoms with Gasteiger partial charge in [-0.2, -0.15) is 0 Å². The minimum Gasteiger partial charge on any atom is -0.462 e. The molecule has 1 rings (SSSR count). The Hall–Kier alpha value is -1.91. The smallest absolute Gasteiger partial charge is 0.338 e. The molecule has 0 aliphatic carbocycles. The molecule has 0 unspecified atom stereocenters. The van der Waals surface area contributed by atoms with Crippen LogP contribution < -0.4 is 0 Å². The van der Waals surface area contributed by atoms with Crippen LogP contribution in [0.15, 0.2) is 24.3 Å². The minimum atomic E-state index is -0.496. The quantitative estimate of drug-likeness (QED) is 0.312.